The van der Waals surface area contributed by atoms with Crippen LogP contribution in [0.1, 0.15) is 36.8 Å². The summed E-state index contributed by atoms with van der Waals surface area (Å²) >= 11 is 0. The molecule has 0 amide bonds. The Labute approximate surface area is 151 Å². The molecular formula is C21H27ClN2. The zero-order valence-corrected chi connectivity index (χ0v) is 15.4. The van der Waals surface area contributed by atoms with E-state index in [1.807, 2.05) is 0 Å². The molecule has 1 heterocycles. The highest BCUT2D eigenvalue weighted by Gasteiger charge is 2.28. The molecule has 2 nitrogen and oxygen atoms in total. The lowest BCUT2D eigenvalue weighted by molar-refractivity contribution is 0.226. The number of anilines is 2. The van der Waals surface area contributed by atoms with Crippen LogP contribution >= 0.6 is 12.4 Å². The molecule has 2 aromatic carbocycles. The third-order valence-corrected chi connectivity index (χ3v) is 5.33. The molecule has 0 N–H and O–H groups in total. The first kappa shape index (κ1) is 17.3. The van der Waals surface area contributed by atoms with Gasteiger partial charge in [-0.15, -0.1) is 12.4 Å². The van der Waals surface area contributed by atoms with Crippen LogP contribution in [0.3, 0.4) is 0 Å². The number of benzene rings is 2. The van der Waals surface area contributed by atoms with E-state index in [0.717, 1.165) is 12.5 Å². The molecule has 0 radical (unpaired) electrons. The average molecular weight is 343 g/mol. The Morgan fingerprint density at radius 1 is 1.04 bits per heavy atom. The van der Waals surface area contributed by atoms with Gasteiger partial charge in [0.05, 0.1) is 0 Å². The van der Waals surface area contributed by atoms with E-state index in [9.17, 15) is 0 Å². The van der Waals surface area contributed by atoms with Crippen molar-refractivity contribution in [1.29, 1.82) is 0 Å². The summed E-state index contributed by atoms with van der Waals surface area (Å²) in [5.41, 5.74) is 5.59. The summed E-state index contributed by atoms with van der Waals surface area (Å²) in [4.78, 5) is 4.95. The van der Waals surface area contributed by atoms with Gasteiger partial charge in [-0.1, -0.05) is 31.2 Å². The van der Waals surface area contributed by atoms with Gasteiger partial charge in [0.2, 0.25) is 0 Å². The summed E-state index contributed by atoms with van der Waals surface area (Å²) in [6.45, 7) is 6.00. The zero-order valence-electron chi connectivity index (χ0n) is 14.6. The fourth-order valence-corrected chi connectivity index (χ4v) is 3.81. The fraction of sp³-hybridized carbons (Fsp3) is 0.429. The van der Waals surface area contributed by atoms with Crippen molar-refractivity contribution in [3.8, 4) is 0 Å². The van der Waals surface area contributed by atoms with E-state index in [4.69, 9.17) is 0 Å². The molecule has 0 bridgehead atoms. The maximum Gasteiger partial charge on any atom is 0.0411 e. The van der Waals surface area contributed by atoms with E-state index in [-0.39, 0.29) is 12.4 Å². The molecule has 1 unspecified atom stereocenters. The van der Waals surface area contributed by atoms with Crippen LogP contribution in [0, 0.1) is 5.92 Å². The molecule has 1 aliphatic heterocycles. The van der Waals surface area contributed by atoms with Gasteiger partial charge in [-0.25, -0.2) is 0 Å². The highest BCUT2D eigenvalue weighted by molar-refractivity contribution is 5.85. The molecule has 1 aliphatic carbocycles. The van der Waals surface area contributed by atoms with Gasteiger partial charge in [-0.2, -0.15) is 0 Å². The standard InChI is InChI=1S/C21H26N2.ClH/c1-16-13-23(14-17-8-9-17)15-18-12-20(10-11-21(16)18)22(2)19-6-4-3-5-7-19;/h3-7,10-12,16-17H,8-9,13-15H2,1-2H3;1H. The average Bonchev–Trinajstić information content (AvgIpc) is 3.38. The summed E-state index contributed by atoms with van der Waals surface area (Å²) in [5.74, 6) is 1.62. The third kappa shape index (κ3) is 3.60. The van der Waals surface area contributed by atoms with Crippen LogP contribution in [0.5, 0.6) is 0 Å². The van der Waals surface area contributed by atoms with Crippen molar-refractivity contribution in [3.63, 3.8) is 0 Å². The smallest absolute Gasteiger partial charge is 0.0411 e. The second kappa shape index (κ2) is 7.16. The summed E-state index contributed by atoms with van der Waals surface area (Å²) in [7, 11) is 2.16. The van der Waals surface area contributed by atoms with Gasteiger partial charge < -0.3 is 4.90 Å². The van der Waals surface area contributed by atoms with Gasteiger partial charge in [0, 0.05) is 38.1 Å². The Bertz CT molecular complexity index is 681. The van der Waals surface area contributed by atoms with Gasteiger partial charge in [0.1, 0.15) is 0 Å². The van der Waals surface area contributed by atoms with Gasteiger partial charge in [-0.3, -0.25) is 4.90 Å². The maximum absolute atomic E-state index is 2.66. The first-order chi connectivity index (χ1) is 11.2. The van der Waals surface area contributed by atoms with Crippen molar-refractivity contribution in [1.82, 2.24) is 4.90 Å². The van der Waals surface area contributed by atoms with Crippen LogP contribution in [0.4, 0.5) is 11.4 Å². The highest BCUT2D eigenvalue weighted by Crippen LogP contribution is 2.36. The monoisotopic (exact) mass is 342 g/mol. The highest BCUT2D eigenvalue weighted by atomic mass is 35.5. The molecule has 0 saturated heterocycles. The molecule has 1 fully saturated rings. The molecule has 2 aliphatic rings. The third-order valence-electron chi connectivity index (χ3n) is 5.33. The molecule has 128 valence electrons. The van der Waals surface area contributed by atoms with Crippen LogP contribution < -0.4 is 4.90 Å². The predicted molar refractivity (Wildman–Crippen MR) is 105 cm³/mol. The van der Waals surface area contributed by atoms with Crippen LogP contribution in [0.2, 0.25) is 0 Å². The van der Waals surface area contributed by atoms with Crippen molar-refractivity contribution in [2.24, 2.45) is 5.92 Å². The Balaban J connectivity index is 0.00000169. The van der Waals surface area contributed by atoms with E-state index in [1.54, 1.807) is 5.56 Å². The second-order valence-corrected chi connectivity index (χ2v) is 7.32. The molecule has 3 heteroatoms. The SMILES string of the molecule is CC1CN(CC2CC2)Cc2cc(N(C)c3ccccc3)ccc21.Cl. The minimum absolute atomic E-state index is 0. The number of rotatable bonds is 4. The topological polar surface area (TPSA) is 6.48 Å². The lowest BCUT2D eigenvalue weighted by Gasteiger charge is -2.34. The molecular weight excluding hydrogens is 316 g/mol. The number of para-hydroxylation sites is 1. The lowest BCUT2D eigenvalue weighted by Crippen LogP contribution is -2.34. The van der Waals surface area contributed by atoms with Crippen molar-refractivity contribution < 1.29 is 0 Å². The van der Waals surface area contributed by atoms with Gasteiger partial charge >= 0.3 is 0 Å². The van der Waals surface area contributed by atoms with E-state index in [0.29, 0.717) is 5.92 Å². The summed E-state index contributed by atoms with van der Waals surface area (Å²) in [6.07, 6.45) is 2.88. The molecule has 4 rings (SSSR count). The second-order valence-electron chi connectivity index (χ2n) is 7.32. The number of fused-ring (bicyclic) bond motifs is 1. The van der Waals surface area contributed by atoms with Crippen LogP contribution in [0.15, 0.2) is 48.5 Å². The van der Waals surface area contributed by atoms with Crippen molar-refractivity contribution in [3.05, 3.63) is 59.7 Å². The van der Waals surface area contributed by atoms with E-state index in [1.165, 1.54) is 42.9 Å². The molecule has 0 aromatic heterocycles. The largest absolute Gasteiger partial charge is 0.345 e. The first-order valence-corrected chi connectivity index (χ1v) is 8.84. The normalized spacial score (nSPS) is 20.2. The zero-order chi connectivity index (χ0) is 15.8. The number of halogens is 1. The first-order valence-electron chi connectivity index (χ1n) is 8.84. The lowest BCUT2D eigenvalue weighted by atomic mass is 9.90. The molecule has 0 spiro atoms. The van der Waals surface area contributed by atoms with Crippen molar-refractivity contribution >= 4 is 23.8 Å². The Hall–Kier alpha value is -1.51. The van der Waals surface area contributed by atoms with Gasteiger partial charge in [0.15, 0.2) is 0 Å². The molecule has 2 aromatic rings. The predicted octanol–water partition coefficient (Wildman–Crippen LogP) is 5.21. The number of hydrogen-bond donors (Lipinski definition) is 0. The fourth-order valence-electron chi connectivity index (χ4n) is 3.81. The maximum atomic E-state index is 2.66. The molecule has 1 atom stereocenters. The van der Waals surface area contributed by atoms with Gasteiger partial charge in [0.25, 0.3) is 0 Å². The number of hydrogen-bond acceptors (Lipinski definition) is 2. The van der Waals surface area contributed by atoms with Crippen LogP contribution in [-0.2, 0) is 6.54 Å². The van der Waals surface area contributed by atoms with E-state index >= 15 is 0 Å². The summed E-state index contributed by atoms with van der Waals surface area (Å²) < 4.78 is 0. The Morgan fingerprint density at radius 3 is 2.50 bits per heavy atom. The minimum Gasteiger partial charge on any atom is -0.345 e. The van der Waals surface area contributed by atoms with Crippen LogP contribution in [0.25, 0.3) is 0 Å². The van der Waals surface area contributed by atoms with E-state index in [2.05, 4.69) is 72.3 Å². The summed E-state index contributed by atoms with van der Waals surface area (Å²) in [6, 6.07) is 17.6. The Kier molecular flexibility index (Phi) is 5.17. The van der Waals surface area contributed by atoms with E-state index < -0.39 is 0 Å². The quantitative estimate of drug-likeness (QED) is 0.753. The van der Waals surface area contributed by atoms with Crippen molar-refractivity contribution in [2.45, 2.75) is 32.2 Å². The summed E-state index contributed by atoms with van der Waals surface area (Å²) in [5, 5.41) is 0. The van der Waals surface area contributed by atoms with Gasteiger partial charge in [-0.05, 0) is 60.1 Å². The number of nitrogens with zero attached hydrogens (tertiary/aromatic N) is 2. The van der Waals surface area contributed by atoms with Crippen molar-refractivity contribution in [2.75, 3.05) is 25.0 Å². The minimum atomic E-state index is 0. The van der Waals surface area contributed by atoms with Crippen LogP contribution in [-0.4, -0.2) is 25.0 Å². The Morgan fingerprint density at radius 2 is 1.79 bits per heavy atom. The molecule has 1 saturated carbocycles. The molecule has 24 heavy (non-hydrogen) atoms.